The molecular weight excluding hydrogens is 437 g/mol. The van der Waals surface area contributed by atoms with Crippen molar-refractivity contribution < 1.29 is 19.0 Å². The molecule has 0 radical (unpaired) electrons. The molecule has 8 nitrogen and oxygen atoms in total. The molecule has 32 heavy (non-hydrogen) atoms. The monoisotopic (exact) mass is 461 g/mol. The minimum absolute atomic E-state index is 0.0644. The summed E-state index contributed by atoms with van der Waals surface area (Å²) in [7, 11) is 1.53. The fourth-order valence-electron chi connectivity index (χ4n) is 4.15. The molecule has 1 fully saturated rings. The number of hydrogen-bond acceptors (Lipinski definition) is 7. The zero-order valence-corrected chi connectivity index (χ0v) is 18.8. The number of methoxy groups -OCH3 is 1. The molecule has 0 aliphatic carbocycles. The maximum atomic E-state index is 13.2. The number of anilines is 1. The van der Waals surface area contributed by atoms with E-state index in [2.05, 4.69) is 26.3 Å². The van der Waals surface area contributed by atoms with E-state index >= 15 is 0 Å². The number of aromatic nitrogens is 2. The molecule has 0 spiro atoms. The number of carbonyl (C=O) groups is 1. The number of amides is 1. The van der Waals surface area contributed by atoms with E-state index in [1.807, 2.05) is 6.92 Å². The van der Waals surface area contributed by atoms with Gasteiger partial charge in [0.15, 0.2) is 5.83 Å². The Morgan fingerprint density at radius 1 is 1.25 bits per heavy atom. The Balaban J connectivity index is 1.53. The predicted molar refractivity (Wildman–Crippen MR) is 118 cm³/mol. The lowest BCUT2D eigenvalue weighted by Crippen LogP contribution is -2.49. The van der Waals surface area contributed by atoms with Gasteiger partial charge in [-0.05, 0) is 30.2 Å². The molecule has 2 aliphatic rings. The average molecular weight is 462 g/mol. The van der Waals surface area contributed by atoms with Crippen LogP contribution in [0.4, 0.5) is 10.2 Å². The first-order valence-electron chi connectivity index (χ1n) is 10.3. The van der Waals surface area contributed by atoms with E-state index in [0.29, 0.717) is 50.8 Å². The number of fused-ring (bicyclic) bond motifs is 1. The van der Waals surface area contributed by atoms with Gasteiger partial charge >= 0.3 is 6.01 Å². The van der Waals surface area contributed by atoms with Crippen molar-refractivity contribution in [2.45, 2.75) is 26.6 Å². The third kappa shape index (κ3) is 4.35. The van der Waals surface area contributed by atoms with Crippen LogP contribution in [0.25, 0.3) is 0 Å². The summed E-state index contributed by atoms with van der Waals surface area (Å²) in [5, 5.41) is 10.3. The number of halogens is 2. The van der Waals surface area contributed by atoms with Gasteiger partial charge in [0.05, 0.1) is 17.8 Å². The van der Waals surface area contributed by atoms with Gasteiger partial charge < -0.3 is 19.6 Å². The minimum Gasteiger partial charge on any atom is -0.506 e. The Labute approximate surface area is 190 Å². The standard InChI is InChI=1S/C22H25ClFN5O3/c1-13-8-17(23)19(30)9-15(13)10-27-11-16-18(12-27)25-22(32-3)26-20(16)28-4-6-29(7-5-28)21(31)14(2)24/h8-9,30H,2,4-7,10-12H2,1,3H3. The molecule has 0 saturated carbocycles. The fourth-order valence-corrected chi connectivity index (χ4v) is 4.37. The van der Waals surface area contributed by atoms with Crippen LogP contribution in [0.5, 0.6) is 11.8 Å². The van der Waals surface area contributed by atoms with Crippen LogP contribution in [0, 0.1) is 6.92 Å². The third-order valence-corrected chi connectivity index (χ3v) is 6.19. The lowest BCUT2D eigenvalue weighted by Gasteiger charge is -2.35. The number of aromatic hydroxyl groups is 1. The van der Waals surface area contributed by atoms with Crippen molar-refractivity contribution in [1.29, 1.82) is 0 Å². The second kappa shape index (κ2) is 8.91. The van der Waals surface area contributed by atoms with Crippen LogP contribution in [0.2, 0.25) is 5.02 Å². The molecule has 4 rings (SSSR count). The van der Waals surface area contributed by atoms with Crippen molar-refractivity contribution in [2.75, 3.05) is 38.2 Å². The van der Waals surface area contributed by atoms with E-state index in [4.69, 9.17) is 16.3 Å². The van der Waals surface area contributed by atoms with E-state index in [1.54, 1.807) is 12.1 Å². The largest absolute Gasteiger partial charge is 0.506 e. The van der Waals surface area contributed by atoms with E-state index in [1.165, 1.54) is 12.0 Å². The lowest BCUT2D eigenvalue weighted by atomic mass is 10.1. The number of phenols is 1. The van der Waals surface area contributed by atoms with Crippen molar-refractivity contribution in [2.24, 2.45) is 0 Å². The first kappa shape index (κ1) is 22.3. The van der Waals surface area contributed by atoms with Crippen molar-refractivity contribution in [3.05, 3.63) is 51.9 Å². The second-order valence-corrected chi connectivity index (χ2v) is 8.43. The average Bonchev–Trinajstić information content (AvgIpc) is 3.18. The van der Waals surface area contributed by atoms with Gasteiger partial charge in [0.2, 0.25) is 0 Å². The van der Waals surface area contributed by atoms with Crippen LogP contribution in [0.3, 0.4) is 0 Å². The number of hydrogen-bond donors (Lipinski definition) is 1. The number of carbonyl (C=O) groups excluding carboxylic acids is 1. The summed E-state index contributed by atoms with van der Waals surface area (Å²) >= 11 is 6.01. The number of ether oxygens (including phenoxy) is 1. The highest BCUT2D eigenvalue weighted by atomic mass is 35.5. The van der Waals surface area contributed by atoms with Gasteiger partial charge in [-0.25, -0.2) is 4.39 Å². The summed E-state index contributed by atoms with van der Waals surface area (Å²) in [6.45, 7) is 8.75. The van der Waals surface area contributed by atoms with E-state index in [-0.39, 0.29) is 11.8 Å². The Bertz CT molecular complexity index is 1070. The van der Waals surface area contributed by atoms with Crippen LogP contribution in [-0.2, 0) is 24.4 Å². The Hall–Kier alpha value is -2.91. The van der Waals surface area contributed by atoms with Crippen molar-refractivity contribution in [3.8, 4) is 11.8 Å². The molecule has 2 aromatic rings. The maximum absolute atomic E-state index is 13.2. The smallest absolute Gasteiger partial charge is 0.318 e. The summed E-state index contributed by atoms with van der Waals surface area (Å²) in [6, 6.07) is 3.75. The molecule has 0 unspecified atom stereocenters. The summed E-state index contributed by atoms with van der Waals surface area (Å²) in [4.78, 5) is 26.8. The molecule has 1 saturated heterocycles. The molecule has 0 atom stereocenters. The van der Waals surface area contributed by atoms with Crippen LogP contribution in [0.1, 0.15) is 22.4 Å². The predicted octanol–water partition coefficient (Wildman–Crippen LogP) is 2.80. The number of nitrogens with zero attached hydrogens (tertiary/aromatic N) is 5. The van der Waals surface area contributed by atoms with Crippen LogP contribution < -0.4 is 9.64 Å². The summed E-state index contributed by atoms with van der Waals surface area (Å²) in [5.41, 5.74) is 3.89. The van der Waals surface area contributed by atoms with Gasteiger partial charge in [-0.1, -0.05) is 18.2 Å². The number of benzene rings is 1. The van der Waals surface area contributed by atoms with Gasteiger partial charge in [0.25, 0.3) is 5.91 Å². The molecule has 1 aromatic carbocycles. The molecule has 1 aromatic heterocycles. The van der Waals surface area contributed by atoms with Crippen molar-refractivity contribution >= 4 is 23.3 Å². The van der Waals surface area contributed by atoms with Crippen molar-refractivity contribution in [1.82, 2.24) is 19.8 Å². The normalized spacial score (nSPS) is 16.2. The summed E-state index contributed by atoms with van der Waals surface area (Å²) in [5.74, 6) is -0.768. The van der Waals surface area contributed by atoms with Gasteiger partial charge in [-0.2, -0.15) is 9.97 Å². The van der Waals surface area contributed by atoms with Gasteiger partial charge in [0, 0.05) is 51.4 Å². The fraction of sp³-hybridized carbons (Fsp3) is 0.409. The van der Waals surface area contributed by atoms with Crippen LogP contribution in [-0.4, -0.2) is 64.1 Å². The highest BCUT2D eigenvalue weighted by Gasteiger charge is 2.31. The molecule has 10 heteroatoms. The van der Waals surface area contributed by atoms with E-state index in [9.17, 15) is 14.3 Å². The maximum Gasteiger partial charge on any atom is 0.318 e. The number of piperazine rings is 1. The molecule has 3 heterocycles. The molecular formula is C22H25ClFN5O3. The number of aryl methyl sites for hydroxylation is 1. The number of phenolic OH excluding ortho intramolecular Hbond substituents is 1. The first-order valence-corrected chi connectivity index (χ1v) is 10.7. The molecule has 1 N–H and O–H groups in total. The van der Waals surface area contributed by atoms with Gasteiger partial charge in [-0.3, -0.25) is 9.69 Å². The van der Waals surface area contributed by atoms with E-state index in [0.717, 1.165) is 28.2 Å². The quantitative estimate of drug-likeness (QED) is 0.685. The van der Waals surface area contributed by atoms with Crippen LogP contribution in [0.15, 0.2) is 24.5 Å². The first-order chi connectivity index (χ1) is 15.3. The Kier molecular flexibility index (Phi) is 6.21. The second-order valence-electron chi connectivity index (χ2n) is 8.02. The summed E-state index contributed by atoms with van der Waals surface area (Å²) in [6.07, 6.45) is 0. The molecule has 2 aliphatic heterocycles. The Morgan fingerprint density at radius 3 is 2.62 bits per heavy atom. The lowest BCUT2D eigenvalue weighted by molar-refractivity contribution is -0.128. The zero-order chi connectivity index (χ0) is 23.0. The summed E-state index contributed by atoms with van der Waals surface area (Å²) < 4.78 is 18.5. The SMILES string of the molecule is C=C(F)C(=O)N1CCN(c2nc(OC)nc3c2CN(Cc2cc(O)c(Cl)cc2C)C3)CC1. The number of rotatable bonds is 5. The van der Waals surface area contributed by atoms with Gasteiger partial charge in [-0.15, -0.1) is 0 Å². The Morgan fingerprint density at radius 2 is 1.97 bits per heavy atom. The minimum atomic E-state index is -0.942. The molecule has 0 bridgehead atoms. The van der Waals surface area contributed by atoms with Crippen LogP contribution >= 0.6 is 11.6 Å². The topological polar surface area (TPSA) is 82.0 Å². The molecule has 170 valence electrons. The zero-order valence-electron chi connectivity index (χ0n) is 18.1. The highest BCUT2D eigenvalue weighted by molar-refractivity contribution is 6.32. The molecule has 1 amide bonds. The van der Waals surface area contributed by atoms with Crippen molar-refractivity contribution in [3.63, 3.8) is 0 Å². The van der Waals surface area contributed by atoms with E-state index < -0.39 is 11.7 Å². The highest BCUT2D eigenvalue weighted by Crippen LogP contribution is 2.34. The third-order valence-electron chi connectivity index (χ3n) is 5.89. The van der Waals surface area contributed by atoms with Gasteiger partial charge in [0.1, 0.15) is 11.6 Å².